The van der Waals surface area contributed by atoms with Crippen LogP contribution >= 0.6 is 0 Å². The maximum Gasteiger partial charge on any atom is 0.338 e. The van der Waals surface area contributed by atoms with Crippen LogP contribution in [0.25, 0.3) is 0 Å². The van der Waals surface area contributed by atoms with Crippen molar-refractivity contribution in [1.82, 2.24) is 0 Å². The molecule has 2 N–H and O–H groups in total. The lowest BCUT2D eigenvalue weighted by Crippen LogP contribution is -2.31. The Morgan fingerprint density at radius 1 is 1.37 bits per heavy atom. The van der Waals surface area contributed by atoms with Crippen molar-refractivity contribution in [2.75, 3.05) is 11.9 Å². The summed E-state index contributed by atoms with van der Waals surface area (Å²) in [5.41, 5.74) is 0.315. The molecule has 0 spiro atoms. The Morgan fingerprint density at radius 2 is 2.16 bits per heavy atom. The summed E-state index contributed by atoms with van der Waals surface area (Å²) in [7, 11) is 0. The second-order valence-electron chi connectivity index (χ2n) is 5.21. The number of carboxylic acid groups (broad SMARTS) is 1. The van der Waals surface area contributed by atoms with Gasteiger partial charge in [0.05, 0.1) is 17.7 Å². The molecule has 0 aromatic heterocycles. The molecule has 1 heterocycles. The molecule has 1 aliphatic heterocycles. The summed E-state index contributed by atoms with van der Waals surface area (Å²) in [6.45, 7) is 0.731. The first-order valence-corrected chi connectivity index (χ1v) is 6.56. The number of aromatic carboxylic acids is 1. The van der Waals surface area contributed by atoms with E-state index in [0.717, 1.165) is 13.0 Å². The number of anilines is 1. The molecule has 2 fully saturated rings. The number of hydrogen-bond donors (Lipinski definition) is 2. The Balaban J connectivity index is 1.72. The minimum atomic E-state index is -1.25. The van der Waals surface area contributed by atoms with Crippen LogP contribution in [0.15, 0.2) is 18.2 Å². The summed E-state index contributed by atoms with van der Waals surface area (Å²) in [4.78, 5) is 10.7. The predicted octanol–water partition coefficient (Wildman–Crippen LogP) is 2.50. The van der Waals surface area contributed by atoms with Gasteiger partial charge < -0.3 is 15.2 Å². The van der Waals surface area contributed by atoms with Crippen molar-refractivity contribution in [2.24, 2.45) is 5.92 Å². The fourth-order valence-corrected chi connectivity index (χ4v) is 2.65. The number of ether oxygens (including phenoxy) is 1. The molecule has 1 saturated carbocycles. The van der Waals surface area contributed by atoms with E-state index in [0.29, 0.717) is 11.6 Å². The van der Waals surface area contributed by atoms with Gasteiger partial charge in [0.2, 0.25) is 0 Å². The Hall–Kier alpha value is -1.62. The van der Waals surface area contributed by atoms with Crippen molar-refractivity contribution in [3.63, 3.8) is 0 Å². The minimum Gasteiger partial charge on any atom is -0.478 e. The smallest absolute Gasteiger partial charge is 0.338 e. The van der Waals surface area contributed by atoms with E-state index in [9.17, 15) is 9.18 Å². The average molecular weight is 265 g/mol. The molecule has 2 aliphatic rings. The van der Waals surface area contributed by atoms with Crippen molar-refractivity contribution < 1.29 is 19.0 Å². The molecular weight excluding hydrogens is 249 g/mol. The molecule has 2 atom stereocenters. The predicted molar refractivity (Wildman–Crippen MR) is 67.9 cm³/mol. The van der Waals surface area contributed by atoms with Crippen molar-refractivity contribution in [3.8, 4) is 0 Å². The van der Waals surface area contributed by atoms with E-state index in [-0.39, 0.29) is 17.7 Å². The molecule has 1 aliphatic carbocycles. The minimum absolute atomic E-state index is 0.197. The Kier molecular flexibility index (Phi) is 3.14. The van der Waals surface area contributed by atoms with Crippen LogP contribution in [0, 0.1) is 11.7 Å². The number of benzene rings is 1. The van der Waals surface area contributed by atoms with Gasteiger partial charge in [-0.05, 0) is 43.4 Å². The second kappa shape index (κ2) is 4.81. The van der Waals surface area contributed by atoms with Crippen LogP contribution in [0.4, 0.5) is 10.1 Å². The highest BCUT2D eigenvalue weighted by atomic mass is 19.1. The maximum absolute atomic E-state index is 13.6. The van der Waals surface area contributed by atoms with Crippen molar-refractivity contribution in [2.45, 2.75) is 31.4 Å². The van der Waals surface area contributed by atoms with Gasteiger partial charge in [0.1, 0.15) is 5.82 Å². The van der Waals surface area contributed by atoms with E-state index in [1.807, 2.05) is 0 Å². The van der Waals surface area contributed by atoms with E-state index in [2.05, 4.69) is 5.32 Å². The van der Waals surface area contributed by atoms with Crippen LogP contribution in [0.1, 0.15) is 29.6 Å². The third-order valence-electron chi connectivity index (χ3n) is 3.77. The number of halogens is 1. The average Bonchev–Trinajstić information content (AvgIpc) is 3.10. The second-order valence-corrected chi connectivity index (χ2v) is 5.21. The molecule has 0 bridgehead atoms. The van der Waals surface area contributed by atoms with Gasteiger partial charge in [-0.3, -0.25) is 0 Å². The maximum atomic E-state index is 13.6. The van der Waals surface area contributed by atoms with Gasteiger partial charge >= 0.3 is 5.97 Å². The molecular formula is C14H16FNO3. The van der Waals surface area contributed by atoms with Crippen LogP contribution in [0.3, 0.4) is 0 Å². The highest BCUT2D eigenvalue weighted by Gasteiger charge is 2.40. The van der Waals surface area contributed by atoms with E-state index >= 15 is 0 Å². The molecule has 1 saturated heterocycles. The van der Waals surface area contributed by atoms with Crippen molar-refractivity contribution in [1.29, 1.82) is 0 Å². The zero-order valence-corrected chi connectivity index (χ0v) is 10.4. The SMILES string of the molecule is O=C(O)c1ccc(NC2CCOC2C2CC2)cc1F. The molecule has 102 valence electrons. The summed E-state index contributed by atoms with van der Waals surface area (Å²) >= 11 is 0. The van der Waals surface area contributed by atoms with Gasteiger partial charge in [0, 0.05) is 12.3 Å². The van der Waals surface area contributed by atoms with Gasteiger partial charge in [-0.2, -0.15) is 0 Å². The highest BCUT2D eigenvalue weighted by Crippen LogP contribution is 2.39. The zero-order valence-electron chi connectivity index (χ0n) is 10.4. The van der Waals surface area contributed by atoms with E-state index in [1.165, 1.54) is 25.0 Å². The lowest BCUT2D eigenvalue weighted by Gasteiger charge is -2.20. The van der Waals surface area contributed by atoms with Crippen LogP contribution in [-0.2, 0) is 4.74 Å². The topological polar surface area (TPSA) is 58.6 Å². The van der Waals surface area contributed by atoms with E-state index in [4.69, 9.17) is 9.84 Å². The quantitative estimate of drug-likeness (QED) is 0.878. The lowest BCUT2D eigenvalue weighted by atomic mass is 10.1. The van der Waals surface area contributed by atoms with Crippen LogP contribution in [0.5, 0.6) is 0 Å². The number of nitrogens with one attached hydrogen (secondary N) is 1. The molecule has 4 nitrogen and oxygen atoms in total. The van der Waals surface area contributed by atoms with E-state index in [1.54, 1.807) is 6.07 Å². The largest absolute Gasteiger partial charge is 0.478 e. The molecule has 1 aromatic carbocycles. The fraction of sp³-hybridized carbons (Fsp3) is 0.500. The first kappa shape index (κ1) is 12.4. The zero-order chi connectivity index (χ0) is 13.4. The fourth-order valence-electron chi connectivity index (χ4n) is 2.65. The Labute approximate surface area is 110 Å². The van der Waals surface area contributed by atoms with Gasteiger partial charge in [-0.15, -0.1) is 0 Å². The summed E-state index contributed by atoms with van der Waals surface area (Å²) in [5, 5.41) is 12.0. The molecule has 3 rings (SSSR count). The number of rotatable bonds is 4. The summed E-state index contributed by atoms with van der Waals surface area (Å²) in [5.74, 6) is -1.33. The van der Waals surface area contributed by atoms with Gasteiger partial charge in [0.25, 0.3) is 0 Å². The first-order valence-electron chi connectivity index (χ1n) is 6.56. The number of carbonyl (C=O) groups is 1. The standard InChI is InChI=1S/C14H16FNO3/c15-11-7-9(3-4-10(11)14(17)18)16-12-5-6-19-13(12)8-1-2-8/h3-4,7-8,12-13,16H,1-2,5-6H2,(H,17,18). The third-order valence-corrected chi connectivity index (χ3v) is 3.77. The number of carboxylic acids is 1. The molecule has 0 amide bonds. The molecule has 0 radical (unpaired) electrons. The molecule has 2 unspecified atom stereocenters. The monoisotopic (exact) mass is 265 g/mol. The normalized spacial score (nSPS) is 26.4. The molecule has 1 aromatic rings. The van der Waals surface area contributed by atoms with Crippen molar-refractivity contribution >= 4 is 11.7 Å². The molecule has 5 heteroatoms. The summed E-state index contributed by atoms with van der Waals surface area (Å²) in [6, 6.07) is 4.34. The van der Waals surface area contributed by atoms with Gasteiger partial charge in [-0.1, -0.05) is 0 Å². The number of hydrogen-bond acceptors (Lipinski definition) is 3. The van der Waals surface area contributed by atoms with Crippen LogP contribution in [-0.4, -0.2) is 29.8 Å². The van der Waals surface area contributed by atoms with Gasteiger partial charge in [-0.25, -0.2) is 9.18 Å². The summed E-state index contributed by atoms with van der Waals surface area (Å²) < 4.78 is 19.3. The lowest BCUT2D eigenvalue weighted by molar-refractivity contribution is 0.0692. The molecule has 19 heavy (non-hydrogen) atoms. The third kappa shape index (κ3) is 2.56. The summed E-state index contributed by atoms with van der Waals surface area (Å²) in [6.07, 6.45) is 3.52. The van der Waals surface area contributed by atoms with Crippen molar-refractivity contribution in [3.05, 3.63) is 29.6 Å². The van der Waals surface area contributed by atoms with Crippen LogP contribution in [0.2, 0.25) is 0 Å². The Morgan fingerprint density at radius 3 is 2.79 bits per heavy atom. The van der Waals surface area contributed by atoms with Gasteiger partial charge in [0.15, 0.2) is 0 Å². The van der Waals surface area contributed by atoms with Crippen LogP contribution < -0.4 is 5.32 Å². The first-order chi connectivity index (χ1) is 9.15. The highest BCUT2D eigenvalue weighted by molar-refractivity contribution is 5.88. The van der Waals surface area contributed by atoms with E-state index < -0.39 is 11.8 Å². The Bertz CT molecular complexity index is 501.